The maximum Gasteiger partial charge on any atom is 0.239 e. The fourth-order valence-corrected chi connectivity index (χ4v) is 4.54. The van der Waals surface area contributed by atoms with E-state index < -0.39 is 0 Å². The Morgan fingerprint density at radius 1 is 0.971 bits per heavy atom. The van der Waals surface area contributed by atoms with Crippen molar-refractivity contribution < 1.29 is 9.59 Å². The molecule has 1 amide bonds. The van der Waals surface area contributed by atoms with E-state index in [1.165, 1.54) is 0 Å². The fraction of sp³-hybridized carbons (Fsp3) is 0.321. The van der Waals surface area contributed by atoms with E-state index in [-0.39, 0.29) is 18.2 Å². The number of carbonyl (C=O) groups excluding carboxylic acids is 2. The number of amides is 1. The third-order valence-electron chi connectivity index (χ3n) is 6.76. The lowest BCUT2D eigenvalue weighted by Gasteiger charge is -2.35. The zero-order valence-electron chi connectivity index (χ0n) is 20.5. The van der Waals surface area contributed by atoms with Gasteiger partial charge in [-0.3, -0.25) is 14.5 Å². The number of hydrogen-bond acceptors (Lipinski definition) is 5. The quantitative estimate of drug-likeness (QED) is 0.529. The first-order chi connectivity index (χ1) is 16.9. The molecule has 0 bridgehead atoms. The number of Topliss-reactive ketones (excluding diaryl/α,β-unsaturated/α-hetero) is 1. The predicted molar refractivity (Wildman–Crippen MR) is 138 cm³/mol. The van der Waals surface area contributed by atoms with Gasteiger partial charge in [0.1, 0.15) is 11.9 Å². The molecule has 2 heterocycles. The lowest BCUT2D eigenvalue weighted by Crippen LogP contribution is -2.48. The van der Waals surface area contributed by atoms with E-state index in [1.54, 1.807) is 6.92 Å². The van der Waals surface area contributed by atoms with Gasteiger partial charge in [-0.2, -0.15) is 5.26 Å². The first kappa shape index (κ1) is 24.2. The second-order valence-corrected chi connectivity index (χ2v) is 9.03. The minimum Gasteiger partial charge on any atom is -0.369 e. The van der Waals surface area contributed by atoms with Crippen molar-refractivity contribution in [3.05, 3.63) is 82.5 Å². The van der Waals surface area contributed by atoms with E-state index in [0.717, 1.165) is 48.7 Å². The van der Waals surface area contributed by atoms with Crippen molar-refractivity contribution in [1.29, 1.82) is 5.26 Å². The van der Waals surface area contributed by atoms with Crippen LogP contribution in [-0.2, 0) is 11.3 Å². The lowest BCUT2D eigenvalue weighted by molar-refractivity contribution is -0.117. The Kier molecular flexibility index (Phi) is 7.33. The molecule has 1 N–H and O–H groups in total. The number of benzene rings is 2. The van der Waals surface area contributed by atoms with Crippen LogP contribution in [0.3, 0.4) is 0 Å². The Hall–Kier alpha value is -3.89. The Labute approximate surface area is 206 Å². The summed E-state index contributed by atoms with van der Waals surface area (Å²) in [6, 6.07) is 20.0. The molecular formula is C28H31N5O2. The molecule has 1 saturated heterocycles. The molecule has 2 aromatic carbocycles. The van der Waals surface area contributed by atoms with Crippen molar-refractivity contribution in [3.8, 4) is 6.07 Å². The SMILES string of the molecule is CC(=O)c1ccc(N2CCN(CC(=O)Nc3c(C#N)c(C)c(C)n3Cc3ccccc3)CC2)cc1. The van der Waals surface area contributed by atoms with Crippen LogP contribution in [0.1, 0.15) is 39.7 Å². The monoisotopic (exact) mass is 469 g/mol. The van der Waals surface area contributed by atoms with Crippen LogP contribution < -0.4 is 10.2 Å². The highest BCUT2D eigenvalue weighted by atomic mass is 16.2. The number of ketones is 1. The molecule has 4 rings (SSSR count). The third kappa shape index (κ3) is 5.44. The molecule has 7 heteroatoms. The summed E-state index contributed by atoms with van der Waals surface area (Å²) in [5.41, 5.74) is 5.29. The van der Waals surface area contributed by atoms with Crippen molar-refractivity contribution in [2.24, 2.45) is 0 Å². The molecule has 0 unspecified atom stereocenters. The van der Waals surface area contributed by atoms with Gasteiger partial charge in [-0.05, 0) is 56.2 Å². The third-order valence-corrected chi connectivity index (χ3v) is 6.76. The number of nitrogens with one attached hydrogen (secondary N) is 1. The maximum absolute atomic E-state index is 13.0. The van der Waals surface area contributed by atoms with Gasteiger partial charge in [-0.15, -0.1) is 0 Å². The summed E-state index contributed by atoms with van der Waals surface area (Å²) < 4.78 is 2.02. The molecule has 0 saturated carbocycles. The van der Waals surface area contributed by atoms with Gasteiger partial charge in [-0.1, -0.05) is 30.3 Å². The van der Waals surface area contributed by atoms with Crippen LogP contribution in [-0.4, -0.2) is 53.9 Å². The summed E-state index contributed by atoms with van der Waals surface area (Å²) in [6.07, 6.45) is 0. The molecule has 1 aromatic heterocycles. The van der Waals surface area contributed by atoms with Gasteiger partial charge in [-0.25, -0.2) is 0 Å². The molecule has 0 aliphatic carbocycles. The summed E-state index contributed by atoms with van der Waals surface area (Å²) >= 11 is 0. The van der Waals surface area contributed by atoms with E-state index in [0.29, 0.717) is 23.5 Å². The van der Waals surface area contributed by atoms with E-state index in [1.807, 2.05) is 73.0 Å². The van der Waals surface area contributed by atoms with E-state index in [9.17, 15) is 14.9 Å². The molecule has 1 aliphatic rings. The minimum atomic E-state index is -0.118. The molecule has 1 fully saturated rings. The molecule has 35 heavy (non-hydrogen) atoms. The Bertz CT molecular complexity index is 1250. The summed E-state index contributed by atoms with van der Waals surface area (Å²) in [5.74, 6) is 0.514. The van der Waals surface area contributed by atoms with Crippen LogP contribution >= 0.6 is 0 Å². The van der Waals surface area contributed by atoms with Crippen LogP contribution in [0.15, 0.2) is 54.6 Å². The number of anilines is 2. The van der Waals surface area contributed by atoms with Gasteiger partial charge in [0.15, 0.2) is 5.78 Å². The molecule has 0 radical (unpaired) electrons. The van der Waals surface area contributed by atoms with Gasteiger partial charge in [0.25, 0.3) is 0 Å². The second kappa shape index (κ2) is 10.6. The Morgan fingerprint density at radius 3 is 2.23 bits per heavy atom. The van der Waals surface area contributed by atoms with Crippen LogP contribution in [0.25, 0.3) is 0 Å². The molecule has 180 valence electrons. The summed E-state index contributed by atoms with van der Waals surface area (Å²) in [4.78, 5) is 28.9. The first-order valence-electron chi connectivity index (χ1n) is 11.9. The highest BCUT2D eigenvalue weighted by Crippen LogP contribution is 2.27. The van der Waals surface area contributed by atoms with Crippen LogP contribution in [0.4, 0.5) is 11.5 Å². The zero-order valence-corrected chi connectivity index (χ0v) is 20.5. The maximum atomic E-state index is 13.0. The Balaban J connectivity index is 1.40. The largest absolute Gasteiger partial charge is 0.369 e. The number of rotatable bonds is 7. The van der Waals surface area contributed by atoms with Gasteiger partial charge in [0.05, 0.1) is 12.1 Å². The molecule has 0 spiro atoms. The molecule has 7 nitrogen and oxygen atoms in total. The first-order valence-corrected chi connectivity index (χ1v) is 11.9. The van der Waals surface area contributed by atoms with Gasteiger partial charge in [0, 0.05) is 49.7 Å². The van der Waals surface area contributed by atoms with Crippen molar-refractivity contribution in [1.82, 2.24) is 9.47 Å². The number of hydrogen-bond donors (Lipinski definition) is 1. The fourth-order valence-electron chi connectivity index (χ4n) is 4.54. The van der Waals surface area contributed by atoms with Gasteiger partial charge < -0.3 is 14.8 Å². The highest BCUT2D eigenvalue weighted by molar-refractivity contribution is 5.94. The standard InChI is InChI=1S/C28H31N5O2/c1-20-21(2)33(18-23-7-5-4-6-8-23)28(26(20)17-29)30-27(35)19-31-13-15-32(16-14-31)25-11-9-24(10-12-25)22(3)34/h4-12H,13-16,18-19H2,1-3H3,(H,30,35). The minimum absolute atomic E-state index is 0.0623. The van der Waals surface area contributed by atoms with Gasteiger partial charge >= 0.3 is 0 Å². The lowest BCUT2D eigenvalue weighted by atomic mass is 10.1. The topological polar surface area (TPSA) is 81.4 Å². The van der Waals surface area contributed by atoms with Crippen molar-refractivity contribution in [2.75, 3.05) is 42.9 Å². The number of piperazine rings is 1. The normalized spacial score (nSPS) is 13.9. The number of aromatic nitrogens is 1. The van der Waals surface area contributed by atoms with E-state index >= 15 is 0 Å². The second-order valence-electron chi connectivity index (χ2n) is 9.03. The summed E-state index contributed by atoms with van der Waals surface area (Å²) in [5, 5.41) is 12.8. The smallest absolute Gasteiger partial charge is 0.239 e. The molecular weight excluding hydrogens is 438 g/mol. The van der Waals surface area contributed by atoms with Gasteiger partial charge in [0.2, 0.25) is 5.91 Å². The molecule has 0 atom stereocenters. The van der Waals surface area contributed by atoms with Crippen molar-refractivity contribution >= 4 is 23.2 Å². The molecule has 1 aliphatic heterocycles. The predicted octanol–water partition coefficient (Wildman–Crippen LogP) is 3.99. The van der Waals surface area contributed by atoms with E-state index in [2.05, 4.69) is 21.2 Å². The highest BCUT2D eigenvalue weighted by Gasteiger charge is 2.23. The van der Waals surface area contributed by atoms with Crippen molar-refractivity contribution in [3.63, 3.8) is 0 Å². The van der Waals surface area contributed by atoms with Crippen molar-refractivity contribution in [2.45, 2.75) is 27.3 Å². The summed E-state index contributed by atoms with van der Waals surface area (Å²) in [6.45, 7) is 9.47. The zero-order chi connectivity index (χ0) is 24.9. The molecule has 3 aromatic rings. The summed E-state index contributed by atoms with van der Waals surface area (Å²) in [7, 11) is 0. The van der Waals surface area contributed by atoms with E-state index in [4.69, 9.17) is 0 Å². The average molecular weight is 470 g/mol. The van der Waals surface area contributed by atoms with Crippen LogP contribution in [0.2, 0.25) is 0 Å². The average Bonchev–Trinajstić information content (AvgIpc) is 3.08. The van der Waals surface area contributed by atoms with Crippen LogP contribution in [0.5, 0.6) is 0 Å². The Morgan fingerprint density at radius 2 is 1.63 bits per heavy atom. The number of carbonyl (C=O) groups is 2. The van der Waals surface area contributed by atoms with Crippen LogP contribution in [0, 0.1) is 25.2 Å². The number of nitriles is 1. The number of nitrogens with zero attached hydrogens (tertiary/aromatic N) is 4.